The van der Waals surface area contributed by atoms with E-state index in [4.69, 9.17) is 0 Å². The molecule has 2 N–H and O–H groups in total. The van der Waals surface area contributed by atoms with E-state index in [9.17, 15) is 9.18 Å². The second-order valence-corrected chi connectivity index (χ2v) is 5.07. The number of nitrogens with zero attached hydrogens (tertiary/aromatic N) is 3. The Labute approximate surface area is 127 Å². The van der Waals surface area contributed by atoms with E-state index in [2.05, 4.69) is 25.5 Å². The Morgan fingerprint density at radius 2 is 2.23 bits per heavy atom. The molecule has 1 fully saturated rings. The van der Waals surface area contributed by atoms with Crippen LogP contribution < -0.4 is 15.5 Å². The molecular weight excluding hydrogens is 285 g/mol. The Kier molecular flexibility index (Phi) is 4.13. The topological polar surface area (TPSA) is 70.2 Å². The van der Waals surface area contributed by atoms with Gasteiger partial charge in [-0.1, -0.05) is 6.07 Å². The Morgan fingerprint density at radius 3 is 3.00 bits per heavy atom. The molecule has 0 aliphatic carbocycles. The zero-order chi connectivity index (χ0) is 15.4. The average molecular weight is 301 g/mol. The molecule has 2 aromatic heterocycles. The van der Waals surface area contributed by atoms with Crippen molar-refractivity contribution in [1.82, 2.24) is 15.3 Å². The molecule has 3 rings (SSSR count). The predicted octanol–water partition coefficient (Wildman–Crippen LogP) is 2.02. The number of carbonyl (C=O) groups is 1. The number of nitrogens with one attached hydrogen (secondary N) is 2. The predicted molar refractivity (Wildman–Crippen MR) is 81.2 cm³/mol. The first-order chi connectivity index (χ1) is 10.7. The van der Waals surface area contributed by atoms with E-state index in [1.54, 1.807) is 6.20 Å². The molecule has 6 nitrogen and oxygen atoms in total. The van der Waals surface area contributed by atoms with Crippen molar-refractivity contribution in [3.8, 4) is 0 Å². The number of rotatable bonds is 3. The zero-order valence-corrected chi connectivity index (χ0v) is 11.9. The summed E-state index contributed by atoms with van der Waals surface area (Å²) in [5.41, 5.74) is 0.118. The van der Waals surface area contributed by atoms with Crippen molar-refractivity contribution in [2.75, 3.05) is 23.3 Å². The third-order valence-electron chi connectivity index (χ3n) is 3.52. The summed E-state index contributed by atoms with van der Waals surface area (Å²) >= 11 is 0. The fraction of sp³-hybridized carbons (Fsp3) is 0.267. The minimum absolute atomic E-state index is 0.00639. The van der Waals surface area contributed by atoms with Gasteiger partial charge in [0, 0.05) is 31.5 Å². The maximum Gasteiger partial charge on any atom is 0.319 e. The van der Waals surface area contributed by atoms with Crippen LogP contribution in [0.4, 0.5) is 20.7 Å². The lowest BCUT2D eigenvalue weighted by atomic mass is 10.3. The largest absolute Gasteiger partial charge is 0.354 e. The molecule has 1 saturated heterocycles. The molecule has 1 aliphatic rings. The number of hydrogen-bond donors (Lipinski definition) is 2. The zero-order valence-electron chi connectivity index (χ0n) is 11.9. The fourth-order valence-electron chi connectivity index (χ4n) is 2.45. The summed E-state index contributed by atoms with van der Waals surface area (Å²) in [4.78, 5) is 22.0. The molecule has 7 heteroatoms. The van der Waals surface area contributed by atoms with E-state index in [1.807, 2.05) is 18.2 Å². The minimum atomic E-state index is -0.556. The molecule has 0 spiro atoms. The second-order valence-electron chi connectivity index (χ2n) is 5.07. The lowest BCUT2D eigenvalue weighted by Crippen LogP contribution is -2.40. The summed E-state index contributed by atoms with van der Waals surface area (Å²) < 4.78 is 13.4. The summed E-state index contributed by atoms with van der Waals surface area (Å²) in [7, 11) is 0. The number of aromatic nitrogens is 2. The van der Waals surface area contributed by atoms with Gasteiger partial charge < -0.3 is 15.5 Å². The standard InChI is InChI=1S/C15H16FN5O/c16-12-9-17-7-4-13(12)20-15(22)19-11-5-8-21(10-11)14-3-1-2-6-18-14/h1-4,6-7,9,11H,5,8,10H2,(H2,17,19,20,22)/t11-/m1/s1. The quantitative estimate of drug-likeness (QED) is 0.910. The Hall–Kier alpha value is -2.70. The number of amides is 2. The van der Waals surface area contributed by atoms with Gasteiger partial charge in [0.15, 0.2) is 5.82 Å². The maximum atomic E-state index is 13.4. The summed E-state index contributed by atoms with van der Waals surface area (Å²) in [6, 6.07) is 6.75. The fourth-order valence-corrected chi connectivity index (χ4v) is 2.45. The molecule has 3 heterocycles. The van der Waals surface area contributed by atoms with Gasteiger partial charge >= 0.3 is 6.03 Å². The second kappa shape index (κ2) is 6.38. The van der Waals surface area contributed by atoms with Gasteiger partial charge in [-0.3, -0.25) is 4.98 Å². The van der Waals surface area contributed by atoms with Crippen molar-refractivity contribution in [2.24, 2.45) is 0 Å². The van der Waals surface area contributed by atoms with Gasteiger partial charge in [-0.15, -0.1) is 0 Å². The van der Waals surface area contributed by atoms with Crippen LogP contribution in [0, 0.1) is 5.82 Å². The first-order valence-corrected chi connectivity index (χ1v) is 7.05. The molecule has 114 valence electrons. The van der Waals surface area contributed by atoms with Crippen LogP contribution >= 0.6 is 0 Å². The smallest absolute Gasteiger partial charge is 0.319 e. The molecule has 2 amide bonds. The van der Waals surface area contributed by atoms with Crippen molar-refractivity contribution in [1.29, 1.82) is 0 Å². The number of anilines is 2. The summed E-state index contributed by atoms with van der Waals surface area (Å²) in [6.07, 6.45) is 5.06. The van der Waals surface area contributed by atoms with Gasteiger partial charge in [0.05, 0.1) is 11.9 Å². The monoisotopic (exact) mass is 301 g/mol. The molecule has 22 heavy (non-hydrogen) atoms. The van der Waals surface area contributed by atoms with E-state index in [0.717, 1.165) is 25.0 Å². The third-order valence-corrected chi connectivity index (χ3v) is 3.52. The van der Waals surface area contributed by atoms with Crippen LogP contribution in [0.25, 0.3) is 0 Å². The van der Waals surface area contributed by atoms with Crippen LogP contribution in [0.15, 0.2) is 42.9 Å². The molecule has 2 aromatic rings. The van der Waals surface area contributed by atoms with Crippen LogP contribution in [0.2, 0.25) is 0 Å². The van der Waals surface area contributed by atoms with Gasteiger partial charge in [-0.05, 0) is 24.6 Å². The number of carbonyl (C=O) groups excluding carboxylic acids is 1. The number of hydrogen-bond acceptors (Lipinski definition) is 4. The summed E-state index contributed by atoms with van der Waals surface area (Å²) in [6.45, 7) is 1.51. The Morgan fingerprint density at radius 1 is 1.32 bits per heavy atom. The van der Waals surface area contributed by atoms with Crippen molar-refractivity contribution < 1.29 is 9.18 Å². The van der Waals surface area contributed by atoms with Gasteiger partial charge in [0.2, 0.25) is 0 Å². The number of halogens is 1. The molecule has 0 unspecified atom stereocenters. The highest BCUT2D eigenvalue weighted by atomic mass is 19.1. The summed E-state index contributed by atoms with van der Waals surface area (Å²) in [5, 5.41) is 5.34. The van der Waals surface area contributed by atoms with E-state index in [0.29, 0.717) is 6.54 Å². The van der Waals surface area contributed by atoms with Crippen molar-refractivity contribution in [3.63, 3.8) is 0 Å². The highest BCUT2D eigenvalue weighted by Crippen LogP contribution is 2.17. The van der Waals surface area contributed by atoms with Crippen molar-refractivity contribution >= 4 is 17.5 Å². The third kappa shape index (κ3) is 3.30. The van der Waals surface area contributed by atoms with Crippen molar-refractivity contribution in [3.05, 3.63) is 48.7 Å². The highest BCUT2D eigenvalue weighted by molar-refractivity contribution is 5.89. The average Bonchev–Trinajstić information content (AvgIpc) is 2.99. The van der Waals surface area contributed by atoms with Gasteiger partial charge in [-0.25, -0.2) is 14.2 Å². The number of pyridine rings is 2. The van der Waals surface area contributed by atoms with Gasteiger partial charge in [0.25, 0.3) is 0 Å². The van der Waals surface area contributed by atoms with Gasteiger partial charge in [0.1, 0.15) is 5.82 Å². The van der Waals surface area contributed by atoms with Crippen LogP contribution in [0.1, 0.15) is 6.42 Å². The molecule has 0 saturated carbocycles. The SMILES string of the molecule is O=C(Nc1ccncc1F)N[C@@H]1CCN(c2ccccn2)C1. The lowest BCUT2D eigenvalue weighted by molar-refractivity contribution is 0.249. The van der Waals surface area contributed by atoms with E-state index in [1.165, 1.54) is 12.3 Å². The molecule has 0 radical (unpaired) electrons. The summed E-state index contributed by atoms with van der Waals surface area (Å²) in [5.74, 6) is 0.339. The Balaban J connectivity index is 1.54. The molecule has 0 bridgehead atoms. The van der Waals surface area contributed by atoms with E-state index >= 15 is 0 Å². The molecule has 0 aromatic carbocycles. The van der Waals surface area contributed by atoms with E-state index < -0.39 is 11.8 Å². The molecule has 1 atom stereocenters. The minimum Gasteiger partial charge on any atom is -0.354 e. The van der Waals surface area contributed by atoms with Gasteiger partial charge in [-0.2, -0.15) is 0 Å². The van der Waals surface area contributed by atoms with Crippen LogP contribution in [0.5, 0.6) is 0 Å². The normalized spacial score (nSPS) is 17.3. The highest BCUT2D eigenvalue weighted by Gasteiger charge is 2.24. The molecular formula is C15H16FN5O. The number of urea groups is 1. The molecule has 1 aliphatic heterocycles. The lowest BCUT2D eigenvalue weighted by Gasteiger charge is -2.18. The van der Waals surface area contributed by atoms with Crippen LogP contribution in [-0.4, -0.2) is 35.1 Å². The Bertz CT molecular complexity index is 651. The van der Waals surface area contributed by atoms with Crippen LogP contribution in [0.3, 0.4) is 0 Å². The maximum absolute atomic E-state index is 13.4. The van der Waals surface area contributed by atoms with E-state index in [-0.39, 0.29) is 11.7 Å². The van der Waals surface area contributed by atoms with Crippen molar-refractivity contribution in [2.45, 2.75) is 12.5 Å². The first-order valence-electron chi connectivity index (χ1n) is 7.05. The first kappa shape index (κ1) is 14.2. The van der Waals surface area contributed by atoms with Crippen LogP contribution in [-0.2, 0) is 0 Å².